The lowest BCUT2D eigenvalue weighted by Crippen LogP contribution is -2.11. The summed E-state index contributed by atoms with van der Waals surface area (Å²) in [5.74, 6) is -0.226. The number of hydrogen-bond donors (Lipinski definition) is 1. The normalized spacial score (nSPS) is 10.4. The molecule has 0 atom stereocenters. The van der Waals surface area contributed by atoms with Gasteiger partial charge < -0.3 is 0 Å². The molecule has 0 bridgehead atoms. The van der Waals surface area contributed by atoms with Crippen molar-refractivity contribution in [2.45, 2.75) is 6.92 Å². The van der Waals surface area contributed by atoms with Gasteiger partial charge in [0.1, 0.15) is 5.69 Å². The standard InChI is InChI=1S/C14H11N3OS2/c1-9-2-4-10(5-3-9)11-7-20-14(16-11)17-13(18)12-6-19-8-15-12/h2-8H,1H3,(H,16,17,18). The van der Waals surface area contributed by atoms with Gasteiger partial charge in [0.05, 0.1) is 11.2 Å². The Hall–Kier alpha value is -2.05. The second-order valence-electron chi connectivity index (χ2n) is 4.23. The van der Waals surface area contributed by atoms with Gasteiger partial charge in [-0.1, -0.05) is 29.8 Å². The van der Waals surface area contributed by atoms with E-state index in [4.69, 9.17) is 0 Å². The molecule has 0 aliphatic heterocycles. The maximum absolute atomic E-state index is 11.9. The first-order chi connectivity index (χ1) is 9.72. The number of amides is 1. The van der Waals surface area contributed by atoms with Crippen molar-refractivity contribution >= 4 is 33.7 Å². The van der Waals surface area contributed by atoms with Gasteiger partial charge >= 0.3 is 0 Å². The summed E-state index contributed by atoms with van der Waals surface area (Å²) in [7, 11) is 0. The number of nitrogens with zero attached hydrogens (tertiary/aromatic N) is 2. The Kier molecular flexibility index (Phi) is 3.58. The highest BCUT2D eigenvalue weighted by Gasteiger charge is 2.11. The number of carbonyl (C=O) groups excluding carboxylic acids is 1. The lowest BCUT2D eigenvalue weighted by molar-refractivity contribution is 0.102. The summed E-state index contributed by atoms with van der Waals surface area (Å²) in [6, 6.07) is 8.14. The molecule has 0 spiro atoms. The van der Waals surface area contributed by atoms with Crippen LogP contribution in [0.3, 0.4) is 0 Å². The largest absolute Gasteiger partial charge is 0.296 e. The molecule has 20 heavy (non-hydrogen) atoms. The fraction of sp³-hybridized carbons (Fsp3) is 0.0714. The molecule has 0 saturated carbocycles. The number of carbonyl (C=O) groups is 1. The third kappa shape index (κ3) is 2.76. The van der Waals surface area contributed by atoms with Gasteiger partial charge in [0.15, 0.2) is 5.13 Å². The number of thiazole rings is 2. The van der Waals surface area contributed by atoms with Crippen molar-refractivity contribution in [3.8, 4) is 11.3 Å². The summed E-state index contributed by atoms with van der Waals surface area (Å²) >= 11 is 2.80. The molecule has 0 unspecified atom stereocenters. The second-order valence-corrected chi connectivity index (χ2v) is 5.81. The molecular weight excluding hydrogens is 290 g/mol. The van der Waals surface area contributed by atoms with Crippen LogP contribution in [0.2, 0.25) is 0 Å². The average Bonchev–Trinajstić information content (AvgIpc) is 3.10. The van der Waals surface area contributed by atoms with Crippen molar-refractivity contribution in [3.63, 3.8) is 0 Å². The molecule has 3 aromatic rings. The van der Waals surface area contributed by atoms with Crippen LogP contribution in [0.5, 0.6) is 0 Å². The molecule has 100 valence electrons. The van der Waals surface area contributed by atoms with Crippen LogP contribution >= 0.6 is 22.7 Å². The summed E-state index contributed by atoms with van der Waals surface area (Å²) in [5.41, 5.74) is 5.17. The van der Waals surface area contributed by atoms with Crippen LogP contribution in [0.1, 0.15) is 16.1 Å². The Labute approximate surface area is 124 Å². The summed E-state index contributed by atoms with van der Waals surface area (Å²) in [5, 5.41) is 6.98. The van der Waals surface area contributed by atoms with E-state index in [2.05, 4.69) is 15.3 Å². The first-order valence-corrected chi connectivity index (χ1v) is 7.77. The zero-order valence-electron chi connectivity index (χ0n) is 10.7. The Balaban J connectivity index is 1.77. The predicted octanol–water partition coefficient (Wildman–Crippen LogP) is 3.83. The smallest absolute Gasteiger partial charge is 0.276 e. The second kappa shape index (κ2) is 5.52. The van der Waals surface area contributed by atoms with Crippen LogP contribution in [-0.4, -0.2) is 15.9 Å². The zero-order chi connectivity index (χ0) is 13.9. The van der Waals surface area contributed by atoms with E-state index in [0.29, 0.717) is 10.8 Å². The average molecular weight is 301 g/mol. The zero-order valence-corrected chi connectivity index (χ0v) is 12.3. The van der Waals surface area contributed by atoms with Gasteiger partial charge in [-0.3, -0.25) is 10.1 Å². The summed E-state index contributed by atoms with van der Waals surface area (Å²) in [6.07, 6.45) is 0. The molecular formula is C14H11N3OS2. The molecule has 0 saturated heterocycles. The molecule has 2 heterocycles. The molecule has 3 rings (SSSR count). The van der Waals surface area contributed by atoms with E-state index in [9.17, 15) is 4.79 Å². The highest BCUT2D eigenvalue weighted by atomic mass is 32.1. The maximum atomic E-state index is 11.9. The molecule has 4 nitrogen and oxygen atoms in total. The predicted molar refractivity (Wildman–Crippen MR) is 82.4 cm³/mol. The van der Waals surface area contributed by atoms with Gasteiger partial charge in [0, 0.05) is 16.3 Å². The topological polar surface area (TPSA) is 54.9 Å². The minimum Gasteiger partial charge on any atom is -0.296 e. The number of aryl methyl sites for hydroxylation is 1. The van der Waals surface area contributed by atoms with E-state index in [1.807, 2.05) is 36.6 Å². The van der Waals surface area contributed by atoms with Crippen LogP contribution in [0.4, 0.5) is 5.13 Å². The van der Waals surface area contributed by atoms with Crippen molar-refractivity contribution in [2.75, 3.05) is 5.32 Å². The van der Waals surface area contributed by atoms with E-state index >= 15 is 0 Å². The molecule has 1 amide bonds. The van der Waals surface area contributed by atoms with Gasteiger partial charge in [-0.25, -0.2) is 9.97 Å². The van der Waals surface area contributed by atoms with Gasteiger partial charge in [0.2, 0.25) is 0 Å². The van der Waals surface area contributed by atoms with Crippen molar-refractivity contribution < 1.29 is 4.79 Å². The number of anilines is 1. The van der Waals surface area contributed by atoms with E-state index < -0.39 is 0 Å². The molecule has 0 aliphatic carbocycles. The Morgan fingerprint density at radius 3 is 2.70 bits per heavy atom. The SMILES string of the molecule is Cc1ccc(-c2csc(NC(=O)c3cscn3)n2)cc1. The number of rotatable bonds is 3. The van der Waals surface area contributed by atoms with Gasteiger partial charge in [-0.2, -0.15) is 0 Å². The Morgan fingerprint density at radius 2 is 2.00 bits per heavy atom. The number of nitrogens with one attached hydrogen (secondary N) is 1. The Morgan fingerprint density at radius 1 is 1.20 bits per heavy atom. The van der Waals surface area contributed by atoms with E-state index in [-0.39, 0.29) is 5.91 Å². The van der Waals surface area contributed by atoms with Crippen LogP contribution in [0.15, 0.2) is 40.5 Å². The molecule has 0 aliphatic rings. The third-order valence-corrected chi connectivity index (χ3v) is 4.08. The van der Waals surface area contributed by atoms with Crippen molar-refractivity contribution in [1.82, 2.24) is 9.97 Å². The van der Waals surface area contributed by atoms with Crippen molar-refractivity contribution in [2.24, 2.45) is 0 Å². The van der Waals surface area contributed by atoms with Crippen molar-refractivity contribution in [3.05, 3.63) is 51.8 Å². The monoisotopic (exact) mass is 301 g/mol. The molecule has 0 radical (unpaired) electrons. The molecule has 2 aromatic heterocycles. The third-order valence-electron chi connectivity index (χ3n) is 2.74. The number of aromatic nitrogens is 2. The van der Waals surface area contributed by atoms with Crippen LogP contribution in [0, 0.1) is 6.92 Å². The minimum absolute atomic E-state index is 0.226. The van der Waals surface area contributed by atoms with Crippen LogP contribution in [-0.2, 0) is 0 Å². The minimum atomic E-state index is -0.226. The molecule has 0 fully saturated rings. The van der Waals surface area contributed by atoms with Crippen molar-refractivity contribution in [1.29, 1.82) is 0 Å². The van der Waals surface area contributed by atoms with E-state index in [1.165, 1.54) is 28.2 Å². The summed E-state index contributed by atoms with van der Waals surface area (Å²) in [4.78, 5) is 20.3. The van der Waals surface area contributed by atoms with Crippen LogP contribution < -0.4 is 5.32 Å². The fourth-order valence-corrected chi connectivity index (χ4v) is 2.92. The summed E-state index contributed by atoms with van der Waals surface area (Å²) < 4.78 is 0. The lowest BCUT2D eigenvalue weighted by atomic mass is 10.1. The van der Waals surface area contributed by atoms with Gasteiger partial charge in [-0.05, 0) is 6.92 Å². The van der Waals surface area contributed by atoms with E-state index in [0.717, 1.165) is 11.3 Å². The first kappa shape index (κ1) is 13.0. The number of hydrogen-bond acceptors (Lipinski definition) is 5. The molecule has 1 N–H and O–H groups in total. The van der Waals surface area contributed by atoms with Crippen LogP contribution in [0.25, 0.3) is 11.3 Å². The molecule has 6 heteroatoms. The highest BCUT2D eigenvalue weighted by Crippen LogP contribution is 2.25. The maximum Gasteiger partial charge on any atom is 0.276 e. The Bertz CT molecular complexity index is 717. The lowest BCUT2D eigenvalue weighted by Gasteiger charge is -1.98. The number of benzene rings is 1. The van der Waals surface area contributed by atoms with Gasteiger partial charge in [-0.15, -0.1) is 22.7 Å². The van der Waals surface area contributed by atoms with Gasteiger partial charge in [0.25, 0.3) is 5.91 Å². The summed E-state index contributed by atoms with van der Waals surface area (Å²) in [6.45, 7) is 2.05. The fourth-order valence-electron chi connectivity index (χ4n) is 1.67. The quantitative estimate of drug-likeness (QED) is 0.800. The first-order valence-electron chi connectivity index (χ1n) is 5.94. The molecule has 1 aromatic carbocycles. The highest BCUT2D eigenvalue weighted by molar-refractivity contribution is 7.14. The van der Waals surface area contributed by atoms with E-state index in [1.54, 1.807) is 10.9 Å².